The molecule has 1 aliphatic rings. The van der Waals surface area contributed by atoms with Gasteiger partial charge in [-0.15, -0.1) is 0 Å². The SMILES string of the molecule is c1ccc(C2(c3ccccc3)c3ccccc3N(c3ccc4ccccc4n3)c3ccc(-c4ccc5c(c4)c4ccccc4n5-c4ccc5cc6c(ccc7c8ccccc8oc67)cc5c4)cc32)cc1. The van der Waals surface area contributed by atoms with E-state index in [1.54, 1.807) is 0 Å². The first-order valence-electron chi connectivity index (χ1n) is 24.0. The van der Waals surface area contributed by atoms with Crippen LogP contribution in [0.3, 0.4) is 0 Å². The molecule has 1 aliphatic heterocycles. The van der Waals surface area contributed by atoms with E-state index < -0.39 is 5.41 Å². The highest BCUT2D eigenvalue weighted by atomic mass is 16.3. The fraction of sp³-hybridized carbons (Fsp3) is 0.0152. The predicted molar refractivity (Wildman–Crippen MR) is 290 cm³/mol. The van der Waals surface area contributed by atoms with Gasteiger partial charge in [-0.2, -0.15) is 0 Å². The Kier molecular flexibility index (Phi) is 8.25. The van der Waals surface area contributed by atoms with Crippen molar-refractivity contribution in [3.63, 3.8) is 0 Å². The normalized spacial score (nSPS) is 13.2. The Hall–Kier alpha value is -9.25. The molecule has 0 bridgehead atoms. The van der Waals surface area contributed by atoms with Crippen LogP contribution in [0.4, 0.5) is 17.2 Å². The van der Waals surface area contributed by atoms with Crippen molar-refractivity contribution in [2.24, 2.45) is 0 Å². The molecule has 4 heterocycles. The van der Waals surface area contributed by atoms with Crippen molar-refractivity contribution < 1.29 is 4.42 Å². The molecule has 3 aromatic heterocycles. The number of anilines is 3. The molecule has 0 aliphatic carbocycles. The summed E-state index contributed by atoms with van der Waals surface area (Å²) >= 11 is 0. The average molecular weight is 892 g/mol. The number of benzene rings is 11. The monoisotopic (exact) mass is 891 g/mol. The quantitative estimate of drug-likeness (QED) is 0.161. The molecule has 14 aromatic rings. The number of furan rings is 1. The first kappa shape index (κ1) is 38.8. The first-order valence-corrected chi connectivity index (χ1v) is 24.0. The highest BCUT2D eigenvalue weighted by Crippen LogP contribution is 2.58. The third-order valence-corrected chi connectivity index (χ3v) is 15.0. The summed E-state index contributed by atoms with van der Waals surface area (Å²) in [4.78, 5) is 7.70. The molecule has 0 N–H and O–H groups in total. The van der Waals surface area contributed by atoms with Gasteiger partial charge in [-0.05, 0) is 141 Å². The summed E-state index contributed by atoms with van der Waals surface area (Å²) in [5, 5.41) is 10.5. The van der Waals surface area contributed by atoms with Crippen molar-refractivity contribution in [3.05, 3.63) is 271 Å². The lowest BCUT2D eigenvalue weighted by atomic mass is 9.62. The molecule has 0 saturated carbocycles. The molecule has 4 nitrogen and oxygen atoms in total. The minimum absolute atomic E-state index is 0.641. The van der Waals surface area contributed by atoms with Crippen LogP contribution in [0, 0.1) is 0 Å². The molecule has 0 unspecified atom stereocenters. The largest absolute Gasteiger partial charge is 0.455 e. The van der Waals surface area contributed by atoms with Crippen LogP contribution in [0.2, 0.25) is 0 Å². The topological polar surface area (TPSA) is 34.2 Å². The van der Waals surface area contributed by atoms with E-state index in [0.29, 0.717) is 0 Å². The fourth-order valence-electron chi connectivity index (χ4n) is 11.9. The van der Waals surface area contributed by atoms with Gasteiger partial charge in [0.15, 0.2) is 0 Å². The lowest BCUT2D eigenvalue weighted by Gasteiger charge is -2.46. The highest BCUT2D eigenvalue weighted by Gasteiger charge is 2.46. The third kappa shape index (κ3) is 5.56. The molecule has 0 saturated heterocycles. The maximum absolute atomic E-state index is 6.45. The average Bonchev–Trinajstić information content (AvgIpc) is 3.98. The lowest BCUT2D eigenvalue weighted by molar-refractivity contribution is 0.672. The van der Waals surface area contributed by atoms with Crippen molar-refractivity contribution in [2.45, 2.75) is 5.41 Å². The minimum atomic E-state index is -0.641. The number of hydrogen-bond donors (Lipinski definition) is 0. The van der Waals surface area contributed by atoms with E-state index in [9.17, 15) is 0 Å². The second-order valence-electron chi connectivity index (χ2n) is 18.7. The smallest absolute Gasteiger partial charge is 0.143 e. The molecule has 70 heavy (non-hydrogen) atoms. The molecule has 326 valence electrons. The Balaban J connectivity index is 0.924. The number of pyridine rings is 1. The van der Waals surface area contributed by atoms with E-state index in [2.05, 4.69) is 252 Å². The first-order chi connectivity index (χ1) is 34.7. The zero-order chi connectivity index (χ0) is 45.9. The van der Waals surface area contributed by atoms with Gasteiger partial charge in [0.25, 0.3) is 0 Å². The molecular formula is C66H41N3O. The predicted octanol–water partition coefficient (Wildman–Crippen LogP) is 17.4. The summed E-state index contributed by atoms with van der Waals surface area (Å²) in [7, 11) is 0. The standard InChI is InChI=1S/C66H41N3O/c1-3-16-48(17-4-1)66(49-18-5-2-6-19-49)56-22-10-13-25-61(56)69(64-36-31-42-15-7-11-23-58(42)67-64)62-35-30-45(41-57(62)66)43-29-34-60-55(40-43)51-20-8-12-24-59(51)68(60)50-32-27-44-39-54-46(37-47(44)38-50)28-33-53-52-21-9-14-26-63(52)70-65(53)54/h1-41H. The molecular weight excluding hydrogens is 851 g/mol. The van der Waals surface area contributed by atoms with Crippen LogP contribution in [-0.4, -0.2) is 9.55 Å². The van der Waals surface area contributed by atoms with Gasteiger partial charge in [-0.25, -0.2) is 4.98 Å². The van der Waals surface area contributed by atoms with Gasteiger partial charge in [0, 0.05) is 38.0 Å². The Morgan fingerprint density at radius 2 is 1.04 bits per heavy atom. The zero-order valence-electron chi connectivity index (χ0n) is 37.9. The number of nitrogens with zero attached hydrogens (tertiary/aromatic N) is 3. The number of hydrogen-bond acceptors (Lipinski definition) is 3. The summed E-state index contributed by atoms with van der Waals surface area (Å²) in [5.41, 5.74) is 15.0. The van der Waals surface area contributed by atoms with E-state index in [-0.39, 0.29) is 0 Å². The van der Waals surface area contributed by atoms with Crippen LogP contribution in [0.25, 0.3) is 93.0 Å². The van der Waals surface area contributed by atoms with Crippen molar-refractivity contribution in [2.75, 3.05) is 4.90 Å². The van der Waals surface area contributed by atoms with E-state index in [1.165, 1.54) is 49.3 Å². The van der Waals surface area contributed by atoms with E-state index in [1.807, 2.05) is 6.07 Å². The van der Waals surface area contributed by atoms with E-state index >= 15 is 0 Å². The molecule has 4 heteroatoms. The maximum Gasteiger partial charge on any atom is 0.143 e. The molecule has 11 aromatic carbocycles. The summed E-state index contributed by atoms with van der Waals surface area (Å²) in [6.45, 7) is 0. The van der Waals surface area contributed by atoms with E-state index in [0.717, 1.165) is 83.1 Å². The number of para-hydroxylation sites is 4. The van der Waals surface area contributed by atoms with E-state index in [4.69, 9.17) is 9.40 Å². The summed E-state index contributed by atoms with van der Waals surface area (Å²) in [6.07, 6.45) is 0. The number of aromatic nitrogens is 2. The fourth-order valence-corrected chi connectivity index (χ4v) is 11.9. The van der Waals surface area contributed by atoms with Gasteiger partial charge < -0.3 is 8.98 Å². The molecule has 0 atom stereocenters. The van der Waals surface area contributed by atoms with Crippen LogP contribution in [0.15, 0.2) is 253 Å². The van der Waals surface area contributed by atoms with Gasteiger partial charge in [0.05, 0.1) is 33.3 Å². The highest BCUT2D eigenvalue weighted by molar-refractivity contribution is 6.17. The van der Waals surface area contributed by atoms with Crippen LogP contribution in [-0.2, 0) is 5.41 Å². The Labute approximate surface area is 403 Å². The van der Waals surface area contributed by atoms with Crippen molar-refractivity contribution in [1.82, 2.24) is 9.55 Å². The van der Waals surface area contributed by atoms with Gasteiger partial charge >= 0.3 is 0 Å². The summed E-state index contributed by atoms with van der Waals surface area (Å²) in [5.74, 6) is 0.884. The van der Waals surface area contributed by atoms with Crippen molar-refractivity contribution >= 4 is 93.4 Å². The van der Waals surface area contributed by atoms with Gasteiger partial charge in [0.2, 0.25) is 0 Å². The molecule has 15 rings (SSSR count). The summed E-state index contributed by atoms with van der Waals surface area (Å²) < 4.78 is 8.88. The molecule has 0 amide bonds. The van der Waals surface area contributed by atoms with Gasteiger partial charge in [-0.3, -0.25) is 4.90 Å². The maximum atomic E-state index is 6.45. The van der Waals surface area contributed by atoms with Crippen molar-refractivity contribution in [1.29, 1.82) is 0 Å². The van der Waals surface area contributed by atoms with Crippen LogP contribution >= 0.6 is 0 Å². The molecule has 0 spiro atoms. The van der Waals surface area contributed by atoms with Crippen LogP contribution in [0.1, 0.15) is 22.3 Å². The van der Waals surface area contributed by atoms with Gasteiger partial charge in [0.1, 0.15) is 17.0 Å². The number of rotatable bonds is 5. The zero-order valence-corrected chi connectivity index (χ0v) is 37.9. The minimum Gasteiger partial charge on any atom is -0.455 e. The lowest BCUT2D eigenvalue weighted by Crippen LogP contribution is -2.38. The summed E-state index contributed by atoms with van der Waals surface area (Å²) in [6, 6.07) is 90.8. The Morgan fingerprint density at radius 1 is 0.371 bits per heavy atom. The number of fused-ring (bicyclic) bond motifs is 12. The van der Waals surface area contributed by atoms with Crippen LogP contribution in [0.5, 0.6) is 0 Å². The molecule has 0 radical (unpaired) electrons. The second-order valence-corrected chi connectivity index (χ2v) is 18.7. The Bertz CT molecular complexity index is 4390. The van der Waals surface area contributed by atoms with Gasteiger partial charge in [-0.1, -0.05) is 158 Å². The Morgan fingerprint density at radius 3 is 1.91 bits per heavy atom. The third-order valence-electron chi connectivity index (χ3n) is 15.0. The van der Waals surface area contributed by atoms with Crippen molar-refractivity contribution in [3.8, 4) is 16.8 Å². The van der Waals surface area contributed by atoms with Crippen LogP contribution < -0.4 is 4.90 Å². The molecule has 0 fully saturated rings. The second kappa shape index (κ2) is 14.9.